The van der Waals surface area contributed by atoms with Gasteiger partial charge in [-0.15, -0.1) is 0 Å². The molecule has 2 aromatic rings. The topological polar surface area (TPSA) is 97.9 Å². The molecule has 0 radical (unpaired) electrons. The number of carbonyl (C=O) groups excluding carboxylic acids is 2. The molecule has 2 aromatic carbocycles. The standard InChI is InChI=1S/C23H29N3O5S/c1-4-29-12-13-30-20-7-5-6-18(14-20)21(27)24-23(32)26-25-22(28)17-8-10-19(11-9-17)31-15-16(2)3/h5-11,14,16H,4,12-13,15H2,1-3H3,(H,25,28)(H2,24,26,27,32). The Hall–Kier alpha value is -3.17. The second-order valence-electron chi connectivity index (χ2n) is 7.16. The molecule has 0 fully saturated rings. The van der Waals surface area contributed by atoms with Crippen LogP contribution < -0.4 is 25.6 Å². The van der Waals surface area contributed by atoms with Gasteiger partial charge in [-0.2, -0.15) is 0 Å². The van der Waals surface area contributed by atoms with E-state index in [0.717, 1.165) is 0 Å². The summed E-state index contributed by atoms with van der Waals surface area (Å²) in [6.45, 7) is 8.09. The van der Waals surface area contributed by atoms with E-state index in [2.05, 4.69) is 30.0 Å². The summed E-state index contributed by atoms with van der Waals surface area (Å²) in [7, 11) is 0. The van der Waals surface area contributed by atoms with Crippen molar-refractivity contribution in [1.29, 1.82) is 0 Å². The maximum absolute atomic E-state index is 12.4. The molecule has 8 nitrogen and oxygen atoms in total. The van der Waals surface area contributed by atoms with Crippen LogP contribution in [0.3, 0.4) is 0 Å². The van der Waals surface area contributed by atoms with Crippen molar-refractivity contribution in [2.24, 2.45) is 5.92 Å². The molecule has 0 unspecified atom stereocenters. The van der Waals surface area contributed by atoms with Crippen LogP contribution in [-0.4, -0.2) is 43.4 Å². The van der Waals surface area contributed by atoms with Gasteiger partial charge in [0, 0.05) is 17.7 Å². The maximum atomic E-state index is 12.4. The van der Waals surface area contributed by atoms with Gasteiger partial charge < -0.3 is 14.2 Å². The summed E-state index contributed by atoms with van der Waals surface area (Å²) in [5, 5.41) is 2.47. The van der Waals surface area contributed by atoms with E-state index in [1.807, 2.05) is 6.92 Å². The van der Waals surface area contributed by atoms with Crippen LogP contribution in [0.15, 0.2) is 48.5 Å². The lowest BCUT2D eigenvalue weighted by molar-refractivity contribution is 0.0934. The van der Waals surface area contributed by atoms with E-state index < -0.39 is 11.8 Å². The first-order chi connectivity index (χ1) is 15.4. The van der Waals surface area contributed by atoms with Crippen molar-refractivity contribution in [3.05, 3.63) is 59.7 Å². The van der Waals surface area contributed by atoms with E-state index >= 15 is 0 Å². The summed E-state index contributed by atoms with van der Waals surface area (Å²) in [4.78, 5) is 24.7. The van der Waals surface area contributed by atoms with Gasteiger partial charge in [0.05, 0.1) is 13.2 Å². The van der Waals surface area contributed by atoms with Crippen LogP contribution in [0.25, 0.3) is 0 Å². The second kappa shape index (κ2) is 13.3. The fraction of sp³-hybridized carbons (Fsp3) is 0.348. The lowest BCUT2D eigenvalue weighted by Crippen LogP contribution is -2.48. The molecule has 0 atom stereocenters. The van der Waals surface area contributed by atoms with E-state index in [1.165, 1.54) is 0 Å². The molecule has 2 amide bonds. The summed E-state index contributed by atoms with van der Waals surface area (Å²) < 4.78 is 16.4. The van der Waals surface area contributed by atoms with Gasteiger partial charge in [-0.25, -0.2) is 0 Å². The maximum Gasteiger partial charge on any atom is 0.269 e. The normalized spacial score (nSPS) is 10.4. The molecule has 2 rings (SSSR count). The van der Waals surface area contributed by atoms with Crippen LogP contribution in [0, 0.1) is 5.92 Å². The number of ether oxygens (including phenoxy) is 3. The van der Waals surface area contributed by atoms with Gasteiger partial charge in [-0.1, -0.05) is 19.9 Å². The number of carbonyl (C=O) groups is 2. The molecular weight excluding hydrogens is 430 g/mol. The van der Waals surface area contributed by atoms with Crippen molar-refractivity contribution in [3.63, 3.8) is 0 Å². The first kappa shape index (κ1) is 25.1. The number of hydrazine groups is 1. The Morgan fingerprint density at radius 2 is 1.66 bits per heavy atom. The summed E-state index contributed by atoms with van der Waals surface area (Å²) >= 11 is 5.08. The molecule has 172 valence electrons. The molecule has 0 aromatic heterocycles. The quantitative estimate of drug-likeness (QED) is 0.285. The van der Waals surface area contributed by atoms with Gasteiger partial charge in [-0.3, -0.25) is 25.8 Å². The molecule has 0 aliphatic rings. The van der Waals surface area contributed by atoms with Crippen molar-refractivity contribution >= 4 is 29.1 Å². The van der Waals surface area contributed by atoms with E-state index in [0.29, 0.717) is 55.0 Å². The minimum atomic E-state index is -0.432. The van der Waals surface area contributed by atoms with Crippen molar-refractivity contribution in [2.45, 2.75) is 20.8 Å². The molecule has 0 aliphatic carbocycles. The Labute approximate surface area is 193 Å². The van der Waals surface area contributed by atoms with Crippen molar-refractivity contribution in [2.75, 3.05) is 26.4 Å². The second-order valence-corrected chi connectivity index (χ2v) is 7.57. The minimum Gasteiger partial charge on any atom is -0.493 e. The predicted octanol–water partition coefficient (Wildman–Crippen LogP) is 3.09. The SMILES string of the molecule is CCOCCOc1cccc(C(=O)NC(=S)NNC(=O)c2ccc(OCC(C)C)cc2)c1. The zero-order valence-electron chi connectivity index (χ0n) is 18.5. The predicted molar refractivity (Wildman–Crippen MR) is 126 cm³/mol. The molecule has 0 aliphatic heterocycles. The van der Waals surface area contributed by atoms with Crippen LogP contribution in [0.2, 0.25) is 0 Å². The van der Waals surface area contributed by atoms with Gasteiger partial charge in [0.1, 0.15) is 18.1 Å². The van der Waals surface area contributed by atoms with E-state index in [9.17, 15) is 9.59 Å². The lowest BCUT2D eigenvalue weighted by Gasteiger charge is -2.12. The number of nitrogens with one attached hydrogen (secondary N) is 3. The third-order valence-corrected chi connectivity index (χ3v) is 4.22. The highest BCUT2D eigenvalue weighted by molar-refractivity contribution is 7.80. The first-order valence-corrected chi connectivity index (χ1v) is 10.7. The summed E-state index contributed by atoms with van der Waals surface area (Å²) in [6, 6.07) is 13.4. The summed E-state index contributed by atoms with van der Waals surface area (Å²) in [5.74, 6) is 0.814. The van der Waals surface area contributed by atoms with Gasteiger partial charge in [-0.05, 0) is 67.5 Å². The van der Waals surface area contributed by atoms with Crippen LogP contribution in [0.5, 0.6) is 11.5 Å². The fourth-order valence-electron chi connectivity index (χ4n) is 2.45. The molecule has 0 spiro atoms. The number of rotatable bonds is 10. The highest BCUT2D eigenvalue weighted by Crippen LogP contribution is 2.14. The molecular formula is C23H29N3O5S. The number of hydrogen-bond donors (Lipinski definition) is 3. The van der Waals surface area contributed by atoms with Crippen LogP contribution in [0.4, 0.5) is 0 Å². The number of benzene rings is 2. The molecule has 9 heteroatoms. The molecule has 32 heavy (non-hydrogen) atoms. The number of hydrogen-bond acceptors (Lipinski definition) is 6. The van der Waals surface area contributed by atoms with Crippen molar-refractivity contribution in [1.82, 2.24) is 16.2 Å². The Morgan fingerprint density at radius 1 is 0.906 bits per heavy atom. The molecule has 3 N–H and O–H groups in total. The Kier molecular flexibility index (Phi) is 10.4. The van der Waals surface area contributed by atoms with Gasteiger partial charge >= 0.3 is 0 Å². The third kappa shape index (κ3) is 8.91. The van der Waals surface area contributed by atoms with Crippen molar-refractivity contribution in [3.8, 4) is 11.5 Å². The number of thiocarbonyl (C=S) groups is 1. The highest BCUT2D eigenvalue weighted by Gasteiger charge is 2.11. The fourth-order valence-corrected chi connectivity index (χ4v) is 2.59. The number of amides is 2. The van der Waals surface area contributed by atoms with Crippen LogP contribution in [-0.2, 0) is 4.74 Å². The molecule has 0 saturated heterocycles. The lowest BCUT2D eigenvalue weighted by atomic mass is 10.2. The largest absolute Gasteiger partial charge is 0.493 e. The average molecular weight is 460 g/mol. The van der Waals surface area contributed by atoms with Gasteiger partial charge in [0.2, 0.25) is 0 Å². The van der Waals surface area contributed by atoms with E-state index in [1.54, 1.807) is 48.5 Å². The molecule has 0 saturated carbocycles. The van der Waals surface area contributed by atoms with Gasteiger partial charge in [0.15, 0.2) is 5.11 Å². The minimum absolute atomic E-state index is 0.0390. The highest BCUT2D eigenvalue weighted by atomic mass is 32.1. The summed E-state index contributed by atoms with van der Waals surface area (Å²) in [6.07, 6.45) is 0. The van der Waals surface area contributed by atoms with Crippen LogP contribution in [0.1, 0.15) is 41.5 Å². The van der Waals surface area contributed by atoms with Crippen molar-refractivity contribution < 1.29 is 23.8 Å². The van der Waals surface area contributed by atoms with E-state index in [-0.39, 0.29) is 5.11 Å². The summed E-state index contributed by atoms with van der Waals surface area (Å²) in [5.41, 5.74) is 5.76. The van der Waals surface area contributed by atoms with Crippen LogP contribution >= 0.6 is 12.2 Å². The zero-order chi connectivity index (χ0) is 23.3. The average Bonchev–Trinajstić information content (AvgIpc) is 2.79. The third-order valence-electron chi connectivity index (χ3n) is 4.01. The Bertz CT molecular complexity index is 903. The monoisotopic (exact) mass is 459 g/mol. The molecule has 0 bridgehead atoms. The smallest absolute Gasteiger partial charge is 0.269 e. The molecule has 0 heterocycles. The Balaban J connectivity index is 1.79. The Morgan fingerprint density at radius 3 is 2.34 bits per heavy atom. The zero-order valence-corrected chi connectivity index (χ0v) is 19.3. The van der Waals surface area contributed by atoms with Gasteiger partial charge in [0.25, 0.3) is 11.8 Å². The van der Waals surface area contributed by atoms with E-state index in [4.69, 9.17) is 26.4 Å². The first-order valence-electron chi connectivity index (χ1n) is 10.3.